The lowest BCUT2D eigenvalue weighted by atomic mass is 9.89. The summed E-state index contributed by atoms with van der Waals surface area (Å²) in [4.78, 5) is 12.3. The third kappa shape index (κ3) is 4.81. The molecule has 1 rings (SSSR count). The van der Waals surface area contributed by atoms with Crippen molar-refractivity contribution in [3.05, 3.63) is 0 Å². The van der Waals surface area contributed by atoms with Gasteiger partial charge in [-0.25, -0.2) is 0 Å². The average molecular weight is 268 g/mol. The molecule has 0 aromatic rings. The fourth-order valence-electron chi connectivity index (χ4n) is 2.78. The molecule has 0 N–H and O–H groups in total. The number of hydrogen-bond acceptors (Lipinski definition) is 2. The van der Waals surface area contributed by atoms with E-state index in [0.29, 0.717) is 0 Å². The Morgan fingerprint density at radius 3 is 2.26 bits per heavy atom. The fraction of sp³-hybridized carbons (Fsp3) is 0.941. The molecular weight excluding hydrogens is 236 g/mol. The third-order valence-corrected chi connectivity index (χ3v) is 4.75. The van der Waals surface area contributed by atoms with Gasteiger partial charge in [0.1, 0.15) is 5.60 Å². The Kier molecular flexibility index (Phi) is 6.35. The monoisotopic (exact) mass is 268 g/mol. The normalized spacial score (nSPS) is 18.5. The van der Waals surface area contributed by atoms with Crippen LogP contribution in [0.25, 0.3) is 0 Å². The molecule has 0 aromatic carbocycles. The van der Waals surface area contributed by atoms with Gasteiger partial charge in [-0.3, -0.25) is 4.79 Å². The van der Waals surface area contributed by atoms with Crippen LogP contribution in [0, 0.1) is 5.41 Å². The lowest BCUT2D eigenvalue weighted by molar-refractivity contribution is -0.171. The van der Waals surface area contributed by atoms with Crippen LogP contribution in [0.5, 0.6) is 0 Å². The summed E-state index contributed by atoms with van der Waals surface area (Å²) in [6.07, 6.45) is 11.5. The zero-order valence-corrected chi connectivity index (χ0v) is 13.4. The van der Waals surface area contributed by atoms with Gasteiger partial charge in [0.25, 0.3) is 0 Å². The summed E-state index contributed by atoms with van der Waals surface area (Å²) in [5.41, 5.74) is -0.462. The summed E-state index contributed by atoms with van der Waals surface area (Å²) in [5.74, 6) is 0.00684. The molecule has 0 spiro atoms. The van der Waals surface area contributed by atoms with Gasteiger partial charge in [-0.15, -0.1) is 0 Å². The number of unbranched alkanes of at least 4 members (excludes halogenated alkanes) is 3. The van der Waals surface area contributed by atoms with E-state index in [-0.39, 0.29) is 17.0 Å². The number of esters is 1. The lowest BCUT2D eigenvalue weighted by Gasteiger charge is -2.33. The molecule has 1 aliphatic rings. The molecule has 0 aromatic heterocycles. The second-order valence-corrected chi connectivity index (χ2v) is 6.83. The molecule has 0 amide bonds. The van der Waals surface area contributed by atoms with E-state index in [0.717, 1.165) is 25.7 Å². The van der Waals surface area contributed by atoms with Crippen molar-refractivity contribution in [3.8, 4) is 0 Å². The van der Waals surface area contributed by atoms with Gasteiger partial charge in [-0.1, -0.05) is 33.1 Å². The summed E-state index contributed by atoms with van der Waals surface area (Å²) >= 11 is 0. The first-order valence-corrected chi connectivity index (χ1v) is 8.19. The second-order valence-electron chi connectivity index (χ2n) is 6.83. The van der Waals surface area contributed by atoms with Crippen molar-refractivity contribution in [1.29, 1.82) is 0 Å². The van der Waals surface area contributed by atoms with Crippen LogP contribution >= 0.6 is 0 Å². The minimum Gasteiger partial charge on any atom is -0.459 e. The standard InChI is InChI=1S/C17H32O2/c1-5-7-8-9-12-17(13-10-11-14-17)19-15(18)16(3,4)6-2/h5-14H2,1-4H3. The van der Waals surface area contributed by atoms with Crippen LogP contribution < -0.4 is 0 Å². The van der Waals surface area contributed by atoms with Crippen LogP contribution in [0.15, 0.2) is 0 Å². The second kappa shape index (κ2) is 7.31. The smallest absolute Gasteiger partial charge is 0.312 e. The van der Waals surface area contributed by atoms with Crippen molar-refractivity contribution in [1.82, 2.24) is 0 Å². The molecule has 0 unspecified atom stereocenters. The molecule has 1 aliphatic carbocycles. The molecule has 0 bridgehead atoms. The summed E-state index contributed by atoms with van der Waals surface area (Å²) in [6.45, 7) is 8.28. The first kappa shape index (κ1) is 16.5. The molecule has 0 saturated heterocycles. The van der Waals surface area contributed by atoms with Gasteiger partial charge in [0.2, 0.25) is 0 Å². The van der Waals surface area contributed by atoms with Gasteiger partial charge in [0.15, 0.2) is 0 Å². The lowest BCUT2D eigenvalue weighted by Crippen LogP contribution is -2.37. The quantitative estimate of drug-likeness (QED) is 0.444. The van der Waals surface area contributed by atoms with Gasteiger partial charge in [-0.2, -0.15) is 0 Å². The molecule has 112 valence electrons. The molecule has 0 radical (unpaired) electrons. The first-order chi connectivity index (χ1) is 8.96. The van der Waals surface area contributed by atoms with Gasteiger partial charge >= 0.3 is 5.97 Å². The van der Waals surface area contributed by atoms with Crippen LogP contribution in [0.4, 0.5) is 0 Å². The number of carbonyl (C=O) groups is 1. The highest BCUT2D eigenvalue weighted by atomic mass is 16.6. The maximum Gasteiger partial charge on any atom is 0.312 e. The molecule has 1 fully saturated rings. The topological polar surface area (TPSA) is 26.3 Å². The van der Waals surface area contributed by atoms with E-state index in [2.05, 4.69) is 13.8 Å². The highest BCUT2D eigenvalue weighted by molar-refractivity contribution is 5.76. The minimum absolute atomic E-state index is 0.00684. The average Bonchev–Trinajstić information content (AvgIpc) is 2.83. The Balaban J connectivity index is 2.54. The van der Waals surface area contributed by atoms with Gasteiger partial charge in [0, 0.05) is 0 Å². The summed E-state index contributed by atoms with van der Waals surface area (Å²) in [5, 5.41) is 0. The molecule has 2 nitrogen and oxygen atoms in total. The van der Waals surface area contributed by atoms with Crippen molar-refractivity contribution < 1.29 is 9.53 Å². The van der Waals surface area contributed by atoms with Gasteiger partial charge in [0.05, 0.1) is 5.41 Å². The summed E-state index contributed by atoms with van der Waals surface area (Å²) < 4.78 is 6.00. The Bertz CT molecular complexity index is 275. The molecule has 0 heterocycles. The number of rotatable bonds is 8. The Hall–Kier alpha value is -0.530. The predicted molar refractivity (Wildman–Crippen MR) is 80.1 cm³/mol. The Morgan fingerprint density at radius 1 is 1.11 bits per heavy atom. The maximum absolute atomic E-state index is 12.3. The molecule has 1 saturated carbocycles. The predicted octanol–water partition coefficient (Wildman–Crippen LogP) is 5.25. The Labute approximate surface area is 119 Å². The Morgan fingerprint density at radius 2 is 1.74 bits per heavy atom. The first-order valence-electron chi connectivity index (χ1n) is 8.19. The summed E-state index contributed by atoms with van der Waals surface area (Å²) in [6, 6.07) is 0. The van der Waals surface area contributed by atoms with E-state index in [1.165, 1.54) is 38.5 Å². The minimum atomic E-state index is -0.334. The van der Waals surface area contributed by atoms with Crippen molar-refractivity contribution in [2.24, 2.45) is 5.41 Å². The fourth-order valence-corrected chi connectivity index (χ4v) is 2.78. The van der Waals surface area contributed by atoms with Crippen LogP contribution in [0.2, 0.25) is 0 Å². The molecule has 2 heteroatoms. The van der Waals surface area contributed by atoms with E-state index < -0.39 is 0 Å². The van der Waals surface area contributed by atoms with Crippen LogP contribution in [0.3, 0.4) is 0 Å². The largest absolute Gasteiger partial charge is 0.459 e. The van der Waals surface area contributed by atoms with Gasteiger partial charge in [-0.05, 0) is 58.8 Å². The number of ether oxygens (including phenoxy) is 1. The van der Waals surface area contributed by atoms with Crippen LogP contribution in [-0.4, -0.2) is 11.6 Å². The van der Waals surface area contributed by atoms with E-state index >= 15 is 0 Å². The van der Waals surface area contributed by atoms with Crippen molar-refractivity contribution in [2.75, 3.05) is 0 Å². The van der Waals surface area contributed by atoms with E-state index in [4.69, 9.17) is 4.74 Å². The van der Waals surface area contributed by atoms with Crippen molar-refractivity contribution >= 4 is 5.97 Å². The molecular formula is C17H32O2. The van der Waals surface area contributed by atoms with Gasteiger partial charge < -0.3 is 4.74 Å². The highest BCUT2D eigenvalue weighted by Gasteiger charge is 2.40. The summed E-state index contributed by atoms with van der Waals surface area (Å²) in [7, 11) is 0. The van der Waals surface area contributed by atoms with Crippen molar-refractivity contribution in [3.63, 3.8) is 0 Å². The molecule has 19 heavy (non-hydrogen) atoms. The van der Waals surface area contributed by atoms with E-state index in [1.807, 2.05) is 13.8 Å². The van der Waals surface area contributed by atoms with Crippen LogP contribution in [-0.2, 0) is 9.53 Å². The number of carbonyl (C=O) groups excluding carboxylic acids is 1. The van der Waals surface area contributed by atoms with E-state index in [9.17, 15) is 4.79 Å². The maximum atomic E-state index is 12.3. The third-order valence-electron chi connectivity index (χ3n) is 4.75. The molecule has 0 atom stereocenters. The highest BCUT2D eigenvalue weighted by Crippen LogP contribution is 2.39. The SMILES string of the molecule is CCCCCCC1(OC(=O)C(C)(C)CC)CCCC1. The number of hydrogen-bond donors (Lipinski definition) is 0. The van der Waals surface area contributed by atoms with Crippen LogP contribution in [0.1, 0.15) is 91.9 Å². The molecule has 0 aliphatic heterocycles. The van der Waals surface area contributed by atoms with E-state index in [1.54, 1.807) is 0 Å². The van der Waals surface area contributed by atoms with Crippen molar-refractivity contribution in [2.45, 2.75) is 97.5 Å². The zero-order valence-electron chi connectivity index (χ0n) is 13.4. The zero-order chi connectivity index (χ0) is 14.4.